The summed E-state index contributed by atoms with van der Waals surface area (Å²) in [6.45, 7) is 2.91. The molecule has 0 saturated carbocycles. The molecule has 0 spiro atoms. The van der Waals surface area contributed by atoms with Crippen molar-refractivity contribution in [2.75, 3.05) is 13.1 Å². The van der Waals surface area contributed by atoms with Crippen LogP contribution in [0.1, 0.15) is 26.4 Å². The number of thiophene rings is 1. The van der Waals surface area contributed by atoms with Crippen molar-refractivity contribution in [2.24, 2.45) is 5.73 Å². The zero-order valence-electron chi connectivity index (χ0n) is 12.0. The minimum atomic E-state index is -0.0638. The van der Waals surface area contributed by atoms with E-state index >= 15 is 0 Å². The lowest BCUT2D eigenvalue weighted by Crippen LogP contribution is -2.25. The first-order valence-corrected chi connectivity index (χ1v) is 7.68. The van der Waals surface area contributed by atoms with Crippen molar-refractivity contribution in [1.29, 1.82) is 0 Å². The van der Waals surface area contributed by atoms with Crippen molar-refractivity contribution >= 4 is 17.2 Å². The molecular weight excluding hydrogens is 280 g/mol. The average molecular weight is 298 g/mol. The standard InChI is InChI=1S/C17H18N2OS/c1-13-10-14(4-2-7-18)12-15(11-13)17(20)19-8-6-16-5-3-9-21-16/h3,5,9-12H,6-8,18H2,1H3,(H,19,20). The Balaban J connectivity index is 1.99. The van der Waals surface area contributed by atoms with E-state index in [0.29, 0.717) is 18.7 Å². The molecule has 1 amide bonds. The summed E-state index contributed by atoms with van der Waals surface area (Å²) >= 11 is 1.70. The van der Waals surface area contributed by atoms with E-state index in [-0.39, 0.29) is 5.91 Å². The lowest BCUT2D eigenvalue weighted by Gasteiger charge is -2.06. The van der Waals surface area contributed by atoms with E-state index in [1.807, 2.05) is 30.5 Å². The zero-order chi connectivity index (χ0) is 15.1. The maximum Gasteiger partial charge on any atom is 0.251 e. The smallest absolute Gasteiger partial charge is 0.251 e. The summed E-state index contributed by atoms with van der Waals surface area (Å²) in [6.07, 6.45) is 0.856. The van der Waals surface area contributed by atoms with Gasteiger partial charge in [0.05, 0.1) is 6.54 Å². The fraction of sp³-hybridized carbons (Fsp3) is 0.235. The second-order valence-corrected chi connectivity index (χ2v) is 5.71. The van der Waals surface area contributed by atoms with Gasteiger partial charge in [-0.15, -0.1) is 11.3 Å². The molecule has 0 saturated heterocycles. The summed E-state index contributed by atoms with van der Waals surface area (Å²) in [6, 6.07) is 9.71. The topological polar surface area (TPSA) is 55.1 Å². The lowest BCUT2D eigenvalue weighted by molar-refractivity contribution is 0.0954. The largest absolute Gasteiger partial charge is 0.352 e. The molecule has 0 fully saturated rings. The molecule has 21 heavy (non-hydrogen) atoms. The fourth-order valence-corrected chi connectivity index (χ4v) is 2.70. The van der Waals surface area contributed by atoms with E-state index in [0.717, 1.165) is 17.5 Å². The minimum absolute atomic E-state index is 0.0638. The predicted molar refractivity (Wildman–Crippen MR) is 87.5 cm³/mol. The Labute approximate surface area is 129 Å². The fourth-order valence-electron chi connectivity index (χ4n) is 2.00. The molecule has 0 unspecified atom stereocenters. The summed E-state index contributed by atoms with van der Waals surface area (Å²) < 4.78 is 0. The number of rotatable bonds is 4. The molecular formula is C17H18N2OS. The first-order chi connectivity index (χ1) is 10.2. The molecule has 0 atom stereocenters. The molecule has 2 rings (SSSR count). The second-order valence-electron chi connectivity index (χ2n) is 4.68. The third-order valence-corrected chi connectivity index (χ3v) is 3.85. The monoisotopic (exact) mass is 298 g/mol. The van der Waals surface area contributed by atoms with Gasteiger partial charge in [-0.1, -0.05) is 17.9 Å². The number of nitrogens with two attached hydrogens (primary N) is 1. The van der Waals surface area contributed by atoms with Gasteiger partial charge in [0.1, 0.15) is 0 Å². The van der Waals surface area contributed by atoms with Crippen LogP contribution in [0.2, 0.25) is 0 Å². The number of amides is 1. The highest BCUT2D eigenvalue weighted by molar-refractivity contribution is 7.09. The predicted octanol–water partition coefficient (Wildman–Crippen LogP) is 2.34. The van der Waals surface area contributed by atoms with Crippen LogP contribution in [0.4, 0.5) is 0 Å². The van der Waals surface area contributed by atoms with Gasteiger partial charge in [-0.3, -0.25) is 4.79 Å². The Hall–Kier alpha value is -2.09. The van der Waals surface area contributed by atoms with Crippen LogP contribution in [0.25, 0.3) is 0 Å². The number of nitrogens with one attached hydrogen (secondary N) is 1. The lowest BCUT2D eigenvalue weighted by atomic mass is 10.1. The molecule has 1 heterocycles. The molecule has 0 aliphatic rings. The zero-order valence-corrected chi connectivity index (χ0v) is 12.8. The maximum atomic E-state index is 12.2. The van der Waals surface area contributed by atoms with Crippen LogP contribution in [-0.4, -0.2) is 19.0 Å². The number of hydrogen-bond acceptors (Lipinski definition) is 3. The molecule has 0 bridgehead atoms. The highest BCUT2D eigenvalue weighted by Gasteiger charge is 2.07. The molecule has 4 heteroatoms. The van der Waals surface area contributed by atoms with Crippen molar-refractivity contribution in [3.05, 3.63) is 57.3 Å². The van der Waals surface area contributed by atoms with E-state index in [1.54, 1.807) is 17.4 Å². The first kappa shape index (κ1) is 15.3. The van der Waals surface area contributed by atoms with Crippen LogP contribution >= 0.6 is 11.3 Å². The summed E-state index contributed by atoms with van der Waals surface area (Å²) in [5, 5.41) is 4.98. The molecule has 3 N–H and O–H groups in total. The first-order valence-electron chi connectivity index (χ1n) is 6.80. The minimum Gasteiger partial charge on any atom is -0.352 e. The summed E-state index contributed by atoms with van der Waals surface area (Å²) in [5.41, 5.74) is 7.85. The maximum absolute atomic E-state index is 12.2. The Morgan fingerprint density at radius 1 is 1.38 bits per heavy atom. The van der Waals surface area contributed by atoms with E-state index in [9.17, 15) is 4.79 Å². The summed E-state index contributed by atoms with van der Waals surface area (Å²) in [7, 11) is 0. The Kier molecular flexibility index (Phi) is 5.56. The van der Waals surface area contributed by atoms with Crippen molar-refractivity contribution in [1.82, 2.24) is 5.32 Å². The molecule has 0 aliphatic carbocycles. The van der Waals surface area contributed by atoms with E-state index < -0.39 is 0 Å². The average Bonchev–Trinajstić information content (AvgIpc) is 2.97. The number of carbonyl (C=O) groups is 1. The molecule has 108 valence electrons. The van der Waals surface area contributed by atoms with Gasteiger partial charge in [-0.2, -0.15) is 0 Å². The molecule has 1 aromatic heterocycles. The summed E-state index contributed by atoms with van der Waals surface area (Å²) in [5.74, 6) is 5.71. The van der Waals surface area contributed by atoms with Crippen LogP contribution in [0.5, 0.6) is 0 Å². The molecule has 3 nitrogen and oxygen atoms in total. The van der Waals surface area contributed by atoms with Crippen LogP contribution in [-0.2, 0) is 6.42 Å². The summed E-state index contributed by atoms with van der Waals surface area (Å²) in [4.78, 5) is 13.4. The van der Waals surface area contributed by atoms with Crippen molar-refractivity contribution in [3.8, 4) is 11.8 Å². The van der Waals surface area contributed by atoms with Gasteiger partial charge in [-0.25, -0.2) is 0 Å². The van der Waals surface area contributed by atoms with E-state index in [2.05, 4.69) is 23.2 Å². The van der Waals surface area contributed by atoms with Gasteiger partial charge in [-0.05, 0) is 48.6 Å². The second kappa shape index (κ2) is 7.63. The van der Waals surface area contributed by atoms with E-state index in [4.69, 9.17) is 5.73 Å². The number of benzene rings is 1. The van der Waals surface area contributed by atoms with Gasteiger partial charge in [0.2, 0.25) is 0 Å². The normalized spacial score (nSPS) is 9.81. The van der Waals surface area contributed by atoms with Crippen LogP contribution in [0.15, 0.2) is 35.7 Å². The molecule has 0 radical (unpaired) electrons. The Morgan fingerprint density at radius 2 is 2.24 bits per heavy atom. The van der Waals surface area contributed by atoms with E-state index in [1.165, 1.54) is 4.88 Å². The van der Waals surface area contributed by atoms with Crippen molar-refractivity contribution < 1.29 is 4.79 Å². The van der Waals surface area contributed by atoms with Crippen molar-refractivity contribution in [3.63, 3.8) is 0 Å². The molecule has 1 aromatic carbocycles. The quantitative estimate of drug-likeness (QED) is 0.851. The van der Waals surface area contributed by atoms with Gasteiger partial charge < -0.3 is 11.1 Å². The number of aryl methyl sites for hydroxylation is 1. The third-order valence-electron chi connectivity index (χ3n) is 2.91. The highest BCUT2D eigenvalue weighted by Crippen LogP contribution is 2.10. The number of carbonyl (C=O) groups excluding carboxylic acids is 1. The Bertz CT molecular complexity index is 666. The van der Waals surface area contributed by atoms with Crippen LogP contribution in [0.3, 0.4) is 0 Å². The molecule has 0 aliphatic heterocycles. The highest BCUT2D eigenvalue weighted by atomic mass is 32.1. The van der Waals surface area contributed by atoms with Crippen molar-refractivity contribution in [2.45, 2.75) is 13.3 Å². The Morgan fingerprint density at radius 3 is 2.95 bits per heavy atom. The third kappa shape index (κ3) is 4.75. The molecule has 2 aromatic rings. The van der Waals surface area contributed by atoms with Gasteiger partial charge in [0.25, 0.3) is 5.91 Å². The SMILES string of the molecule is Cc1cc(C#CCN)cc(C(=O)NCCc2cccs2)c1. The van der Waals surface area contributed by atoms with Gasteiger partial charge in [0, 0.05) is 22.5 Å². The van der Waals surface area contributed by atoms with Crippen LogP contribution in [0, 0.1) is 18.8 Å². The van der Waals surface area contributed by atoms with Gasteiger partial charge >= 0.3 is 0 Å². The van der Waals surface area contributed by atoms with Gasteiger partial charge in [0.15, 0.2) is 0 Å². The van der Waals surface area contributed by atoms with Crippen LogP contribution < -0.4 is 11.1 Å². The number of hydrogen-bond donors (Lipinski definition) is 2.